The first kappa shape index (κ1) is 17.6. The number of methoxy groups -OCH3 is 2. The molecule has 7 heteroatoms. The molecule has 1 aromatic carbocycles. The van der Waals surface area contributed by atoms with Crippen LogP contribution in [0.3, 0.4) is 0 Å². The standard InChI is InChI=1S/C14H20F3NO3/c1-10(18-6-7-21-9-14(15,16)17)12-8-11(19-2)4-5-13(12)20-3/h4-5,8,10,18H,6-7,9H2,1-3H3. The van der Waals surface area contributed by atoms with Crippen LogP contribution in [0.1, 0.15) is 18.5 Å². The number of hydrogen-bond acceptors (Lipinski definition) is 4. The molecule has 0 bridgehead atoms. The first-order chi connectivity index (χ1) is 9.87. The molecule has 0 amide bonds. The molecule has 1 N–H and O–H groups in total. The lowest BCUT2D eigenvalue weighted by molar-refractivity contribution is -0.173. The monoisotopic (exact) mass is 307 g/mol. The summed E-state index contributed by atoms with van der Waals surface area (Å²) < 4.78 is 50.7. The maximum atomic E-state index is 11.9. The van der Waals surface area contributed by atoms with Crippen LogP contribution < -0.4 is 14.8 Å². The van der Waals surface area contributed by atoms with Gasteiger partial charge in [-0.15, -0.1) is 0 Å². The summed E-state index contributed by atoms with van der Waals surface area (Å²) in [5.74, 6) is 1.37. The predicted octanol–water partition coefficient (Wildman–Crippen LogP) is 2.93. The average molecular weight is 307 g/mol. The van der Waals surface area contributed by atoms with Gasteiger partial charge in [-0.3, -0.25) is 0 Å². The fourth-order valence-electron chi connectivity index (χ4n) is 1.82. The molecule has 1 atom stereocenters. The summed E-state index contributed by atoms with van der Waals surface area (Å²) in [6.07, 6.45) is -4.29. The lowest BCUT2D eigenvalue weighted by atomic mass is 10.1. The topological polar surface area (TPSA) is 39.7 Å². The quantitative estimate of drug-likeness (QED) is 0.750. The maximum absolute atomic E-state index is 11.9. The van der Waals surface area contributed by atoms with Crippen LogP contribution in [0.2, 0.25) is 0 Å². The molecule has 0 aromatic heterocycles. The second-order valence-electron chi connectivity index (χ2n) is 4.45. The first-order valence-electron chi connectivity index (χ1n) is 6.47. The molecular weight excluding hydrogens is 287 g/mol. The largest absolute Gasteiger partial charge is 0.497 e. The Kier molecular flexibility index (Phi) is 6.77. The summed E-state index contributed by atoms with van der Waals surface area (Å²) in [6, 6.07) is 5.28. The van der Waals surface area contributed by atoms with Crippen molar-refractivity contribution in [3.63, 3.8) is 0 Å². The van der Waals surface area contributed by atoms with Crippen LogP contribution in [0.15, 0.2) is 18.2 Å². The third-order valence-electron chi connectivity index (χ3n) is 2.87. The van der Waals surface area contributed by atoms with E-state index in [1.807, 2.05) is 13.0 Å². The van der Waals surface area contributed by atoms with Gasteiger partial charge in [0.15, 0.2) is 0 Å². The van der Waals surface area contributed by atoms with E-state index in [2.05, 4.69) is 10.1 Å². The molecule has 0 heterocycles. The molecule has 0 fully saturated rings. The van der Waals surface area contributed by atoms with Crippen LogP contribution in [0, 0.1) is 0 Å². The Morgan fingerprint density at radius 2 is 1.90 bits per heavy atom. The molecule has 4 nitrogen and oxygen atoms in total. The van der Waals surface area contributed by atoms with Gasteiger partial charge in [0.2, 0.25) is 0 Å². The number of ether oxygens (including phenoxy) is 3. The summed E-state index contributed by atoms with van der Waals surface area (Å²) in [4.78, 5) is 0. The van der Waals surface area contributed by atoms with Crippen molar-refractivity contribution in [2.75, 3.05) is 34.0 Å². The van der Waals surface area contributed by atoms with Crippen molar-refractivity contribution in [2.24, 2.45) is 0 Å². The van der Waals surface area contributed by atoms with Gasteiger partial charge in [0.05, 0.1) is 20.8 Å². The van der Waals surface area contributed by atoms with Gasteiger partial charge in [0.1, 0.15) is 18.1 Å². The molecule has 120 valence electrons. The fraction of sp³-hybridized carbons (Fsp3) is 0.571. The summed E-state index contributed by atoms with van der Waals surface area (Å²) in [5.41, 5.74) is 0.868. The lowest BCUT2D eigenvalue weighted by Crippen LogP contribution is -2.26. The summed E-state index contributed by atoms with van der Waals surface area (Å²) in [6.45, 7) is 0.945. The number of rotatable bonds is 8. The molecule has 1 rings (SSSR count). The number of halogens is 3. The highest BCUT2D eigenvalue weighted by Crippen LogP contribution is 2.29. The summed E-state index contributed by atoms with van der Waals surface area (Å²) >= 11 is 0. The molecule has 0 saturated heterocycles. The zero-order valence-corrected chi connectivity index (χ0v) is 12.3. The third kappa shape index (κ3) is 6.22. The second kappa shape index (κ2) is 8.09. The number of alkyl halides is 3. The maximum Gasteiger partial charge on any atom is 0.411 e. The average Bonchev–Trinajstić information content (AvgIpc) is 2.44. The SMILES string of the molecule is COc1ccc(OC)c(C(C)NCCOCC(F)(F)F)c1. The minimum atomic E-state index is -4.29. The Bertz CT molecular complexity index is 438. The van der Waals surface area contributed by atoms with E-state index >= 15 is 0 Å². The van der Waals surface area contributed by atoms with Gasteiger partial charge < -0.3 is 19.5 Å². The van der Waals surface area contributed by atoms with E-state index in [0.717, 1.165) is 5.56 Å². The van der Waals surface area contributed by atoms with Gasteiger partial charge >= 0.3 is 6.18 Å². The Morgan fingerprint density at radius 3 is 2.48 bits per heavy atom. The molecular formula is C14H20F3NO3. The highest BCUT2D eigenvalue weighted by molar-refractivity contribution is 5.42. The van der Waals surface area contributed by atoms with Crippen LogP contribution in [0.4, 0.5) is 13.2 Å². The molecule has 1 aromatic rings. The van der Waals surface area contributed by atoms with Gasteiger partial charge in [-0.05, 0) is 25.1 Å². The van der Waals surface area contributed by atoms with Crippen molar-refractivity contribution in [3.8, 4) is 11.5 Å². The van der Waals surface area contributed by atoms with Crippen LogP contribution in [0.5, 0.6) is 11.5 Å². The third-order valence-corrected chi connectivity index (χ3v) is 2.87. The van der Waals surface area contributed by atoms with E-state index < -0.39 is 12.8 Å². The van der Waals surface area contributed by atoms with Crippen molar-refractivity contribution in [2.45, 2.75) is 19.1 Å². The minimum absolute atomic E-state index is 0.0177. The van der Waals surface area contributed by atoms with E-state index in [4.69, 9.17) is 9.47 Å². The molecule has 0 radical (unpaired) electrons. The van der Waals surface area contributed by atoms with E-state index in [9.17, 15) is 13.2 Å². The number of hydrogen-bond donors (Lipinski definition) is 1. The Balaban J connectivity index is 2.49. The smallest absolute Gasteiger partial charge is 0.411 e. The molecule has 0 aliphatic rings. The van der Waals surface area contributed by atoms with E-state index in [1.165, 1.54) is 0 Å². The predicted molar refractivity (Wildman–Crippen MR) is 72.8 cm³/mol. The van der Waals surface area contributed by atoms with Crippen LogP contribution in [-0.2, 0) is 4.74 Å². The Morgan fingerprint density at radius 1 is 1.19 bits per heavy atom. The van der Waals surface area contributed by atoms with Crippen LogP contribution in [0.25, 0.3) is 0 Å². The molecule has 0 aliphatic carbocycles. The highest BCUT2D eigenvalue weighted by Gasteiger charge is 2.27. The number of nitrogens with one attached hydrogen (secondary N) is 1. The zero-order chi connectivity index (χ0) is 15.9. The van der Waals surface area contributed by atoms with E-state index in [0.29, 0.717) is 18.0 Å². The fourth-order valence-corrected chi connectivity index (χ4v) is 1.82. The van der Waals surface area contributed by atoms with Crippen molar-refractivity contribution in [1.29, 1.82) is 0 Å². The Labute approximate surface area is 122 Å². The summed E-state index contributed by atoms with van der Waals surface area (Å²) in [7, 11) is 3.12. The van der Waals surface area contributed by atoms with E-state index in [-0.39, 0.29) is 12.6 Å². The normalized spacial score (nSPS) is 13.0. The van der Waals surface area contributed by atoms with Crippen molar-refractivity contribution in [3.05, 3.63) is 23.8 Å². The van der Waals surface area contributed by atoms with Gasteiger partial charge in [0, 0.05) is 18.2 Å². The highest BCUT2D eigenvalue weighted by atomic mass is 19.4. The van der Waals surface area contributed by atoms with Gasteiger partial charge in [-0.25, -0.2) is 0 Å². The second-order valence-corrected chi connectivity index (χ2v) is 4.45. The van der Waals surface area contributed by atoms with Crippen molar-refractivity contribution < 1.29 is 27.4 Å². The lowest BCUT2D eigenvalue weighted by Gasteiger charge is -2.18. The molecule has 0 saturated carbocycles. The first-order valence-corrected chi connectivity index (χ1v) is 6.47. The van der Waals surface area contributed by atoms with E-state index in [1.54, 1.807) is 26.4 Å². The van der Waals surface area contributed by atoms with Gasteiger partial charge in [-0.2, -0.15) is 13.2 Å². The van der Waals surface area contributed by atoms with Crippen molar-refractivity contribution >= 4 is 0 Å². The molecule has 21 heavy (non-hydrogen) atoms. The molecule has 0 aliphatic heterocycles. The van der Waals surface area contributed by atoms with Crippen molar-refractivity contribution in [1.82, 2.24) is 5.32 Å². The molecule has 1 unspecified atom stereocenters. The van der Waals surface area contributed by atoms with Gasteiger partial charge in [0.25, 0.3) is 0 Å². The number of benzene rings is 1. The summed E-state index contributed by atoms with van der Waals surface area (Å²) in [5, 5.41) is 3.08. The molecule has 0 spiro atoms. The van der Waals surface area contributed by atoms with Crippen LogP contribution >= 0.6 is 0 Å². The van der Waals surface area contributed by atoms with Crippen LogP contribution in [-0.4, -0.2) is 40.2 Å². The Hall–Kier alpha value is -1.47. The minimum Gasteiger partial charge on any atom is -0.497 e. The van der Waals surface area contributed by atoms with Gasteiger partial charge in [-0.1, -0.05) is 0 Å². The zero-order valence-electron chi connectivity index (χ0n) is 12.3.